The summed E-state index contributed by atoms with van der Waals surface area (Å²) < 4.78 is 10.9. The summed E-state index contributed by atoms with van der Waals surface area (Å²) in [6.07, 6.45) is -4.18. The van der Waals surface area contributed by atoms with Crippen molar-refractivity contribution in [3.05, 3.63) is 69.3 Å². The Morgan fingerprint density at radius 2 is 1.79 bits per heavy atom. The lowest BCUT2D eigenvalue weighted by Crippen LogP contribution is -2.44. The van der Waals surface area contributed by atoms with Crippen LogP contribution < -0.4 is 5.43 Å². The zero-order valence-corrected chi connectivity index (χ0v) is 13.3. The molecule has 0 bridgehead atoms. The van der Waals surface area contributed by atoms with Crippen molar-refractivity contribution in [2.75, 3.05) is 7.11 Å². The molecule has 1 aromatic carbocycles. The molecule has 24 heavy (non-hydrogen) atoms. The van der Waals surface area contributed by atoms with Gasteiger partial charge in [0.25, 0.3) is 0 Å². The van der Waals surface area contributed by atoms with Crippen molar-refractivity contribution >= 4 is 0 Å². The molecule has 2 aromatic rings. The van der Waals surface area contributed by atoms with Gasteiger partial charge in [0.2, 0.25) is 0 Å². The lowest BCUT2D eigenvalue weighted by atomic mass is 9.87. The van der Waals surface area contributed by atoms with Gasteiger partial charge >= 0.3 is 0 Å². The van der Waals surface area contributed by atoms with Crippen molar-refractivity contribution in [1.82, 2.24) is 0 Å². The van der Waals surface area contributed by atoms with Gasteiger partial charge in [0.15, 0.2) is 5.43 Å². The number of aliphatic hydroxyl groups excluding tert-OH is 3. The highest BCUT2D eigenvalue weighted by atomic mass is 16.5. The Bertz CT molecular complexity index is 754. The van der Waals surface area contributed by atoms with Crippen molar-refractivity contribution in [3.8, 4) is 0 Å². The molecule has 3 N–H and O–H groups in total. The minimum Gasteiger partial charge on any atom is -0.463 e. The zero-order valence-electron chi connectivity index (χ0n) is 13.3. The highest BCUT2D eigenvalue weighted by Gasteiger charge is 2.44. The summed E-state index contributed by atoms with van der Waals surface area (Å²) in [5.74, 6) is 0.527. The van der Waals surface area contributed by atoms with Crippen molar-refractivity contribution in [1.29, 1.82) is 0 Å². The van der Waals surface area contributed by atoms with Crippen LogP contribution >= 0.6 is 0 Å². The molecule has 0 amide bonds. The van der Waals surface area contributed by atoms with Gasteiger partial charge in [0.1, 0.15) is 35.9 Å². The van der Waals surface area contributed by atoms with Crippen LogP contribution in [0, 0.1) is 0 Å². The summed E-state index contributed by atoms with van der Waals surface area (Å²) >= 11 is 0. The summed E-state index contributed by atoms with van der Waals surface area (Å²) in [6.45, 7) is 0. The normalized spacial score (nSPS) is 26.2. The van der Waals surface area contributed by atoms with Crippen LogP contribution in [0.25, 0.3) is 0 Å². The minimum atomic E-state index is -1.50. The average Bonchev–Trinajstić information content (AvgIpc) is 2.59. The van der Waals surface area contributed by atoms with E-state index in [9.17, 15) is 20.1 Å². The molecule has 1 aliphatic rings. The molecule has 0 spiro atoms. The number of benzene rings is 1. The van der Waals surface area contributed by atoms with Crippen LogP contribution in [0.4, 0.5) is 0 Å². The van der Waals surface area contributed by atoms with E-state index in [1.807, 2.05) is 30.3 Å². The summed E-state index contributed by atoms with van der Waals surface area (Å²) in [7, 11) is 1.35. The largest absolute Gasteiger partial charge is 0.463 e. The van der Waals surface area contributed by atoms with Gasteiger partial charge < -0.3 is 24.5 Å². The van der Waals surface area contributed by atoms with E-state index >= 15 is 0 Å². The Morgan fingerprint density at radius 1 is 1.08 bits per heavy atom. The third-order valence-corrected chi connectivity index (χ3v) is 4.36. The summed E-state index contributed by atoms with van der Waals surface area (Å²) in [4.78, 5) is 12.4. The van der Waals surface area contributed by atoms with E-state index in [4.69, 9.17) is 9.15 Å². The van der Waals surface area contributed by atoms with E-state index < -0.39 is 29.8 Å². The van der Waals surface area contributed by atoms with Gasteiger partial charge in [-0.15, -0.1) is 0 Å². The van der Waals surface area contributed by atoms with E-state index in [-0.39, 0.29) is 11.3 Å². The molecule has 1 aromatic heterocycles. The first-order chi connectivity index (χ1) is 11.5. The monoisotopic (exact) mass is 332 g/mol. The SMILES string of the molecule is CO[C@H]1c2oc(CCc3ccccc3)cc(=O)c2[C@H](O)[C@@H](O)[C@H]1O. The first-order valence-electron chi connectivity index (χ1n) is 7.80. The topological polar surface area (TPSA) is 100 Å². The molecule has 0 aliphatic heterocycles. The zero-order chi connectivity index (χ0) is 17.3. The van der Waals surface area contributed by atoms with Crippen LogP contribution in [-0.4, -0.2) is 34.6 Å². The number of rotatable bonds is 4. The maximum absolute atomic E-state index is 12.4. The van der Waals surface area contributed by atoms with Gasteiger partial charge in [-0.25, -0.2) is 0 Å². The van der Waals surface area contributed by atoms with Crippen LogP contribution in [0.1, 0.15) is 34.9 Å². The maximum atomic E-state index is 12.4. The van der Waals surface area contributed by atoms with E-state index in [1.54, 1.807) is 0 Å². The summed E-state index contributed by atoms with van der Waals surface area (Å²) in [5.41, 5.74) is 0.625. The van der Waals surface area contributed by atoms with Gasteiger partial charge in [-0.3, -0.25) is 4.79 Å². The standard InChI is InChI=1S/C18H20O6/c1-23-18-16(22)15(21)14(20)13-12(19)9-11(24-17(13)18)8-7-10-5-3-2-4-6-10/h2-6,9,14-16,18,20-22H,7-8H2,1H3/t14-,15+,16+,18+/m0/s1. The molecule has 0 saturated carbocycles. The molecule has 3 rings (SSSR count). The van der Waals surface area contributed by atoms with Gasteiger partial charge in [-0.1, -0.05) is 30.3 Å². The van der Waals surface area contributed by atoms with Crippen molar-refractivity contribution < 1.29 is 24.5 Å². The molecule has 0 radical (unpaired) electrons. The van der Waals surface area contributed by atoms with Crippen LogP contribution in [0.15, 0.2) is 45.6 Å². The molecule has 4 atom stereocenters. The third-order valence-electron chi connectivity index (χ3n) is 4.36. The molecule has 1 heterocycles. The van der Waals surface area contributed by atoms with Crippen LogP contribution in [-0.2, 0) is 17.6 Å². The van der Waals surface area contributed by atoms with Crippen LogP contribution in [0.5, 0.6) is 0 Å². The van der Waals surface area contributed by atoms with Crippen molar-refractivity contribution in [3.63, 3.8) is 0 Å². The van der Waals surface area contributed by atoms with Crippen molar-refractivity contribution in [2.24, 2.45) is 0 Å². The second-order valence-electron chi connectivity index (χ2n) is 5.92. The minimum absolute atomic E-state index is 0.0527. The molecule has 0 unspecified atom stereocenters. The Balaban J connectivity index is 1.93. The second kappa shape index (κ2) is 6.86. The van der Waals surface area contributed by atoms with Gasteiger partial charge in [-0.05, 0) is 12.0 Å². The Hall–Kier alpha value is -1.99. The molecule has 0 fully saturated rings. The van der Waals surface area contributed by atoms with Crippen molar-refractivity contribution in [2.45, 2.75) is 37.3 Å². The van der Waals surface area contributed by atoms with E-state index in [1.165, 1.54) is 13.2 Å². The fourth-order valence-corrected chi connectivity index (χ4v) is 3.05. The molecule has 1 aliphatic carbocycles. The van der Waals surface area contributed by atoms with Crippen LogP contribution in [0.3, 0.4) is 0 Å². The van der Waals surface area contributed by atoms with Gasteiger partial charge in [-0.2, -0.15) is 0 Å². The maximum Gasteiger partial charge on any atom is 0.191 e. The fraction of sp³-hybridized carbons (Fsp3) is 0.389. The predicted octanol–water partition coefficient (Wildman–Crippen LogP) is 0.881. The van der Waals surface area contributed by atoms with E-state index in [0.29, 0.717) is 18.6 Å². The summed E-state index contributed by atoms with van der Waals surface area (Å²) in [6, 6.07) is 11.1. The van der Waals surface area contributed by atoms with Gasteiger partial charge in [0, 0.05) is 19.6 Å². The Labute approximate surface area is 138 Å². The predicted molar refractivity (Wildman–Crippen MR) is 85.6 cm³/mol. The molecular weight excluding hydrogens is 312 g/mol. The molecule has 0 saturated heterocycles. The lowest BCUT2D eigenvalue weighted by Gasteiger charge is -2.34. The number of aliphatic hydroxyl groups is 3. The number of methoxy groups -OCH3 is 1. The lowest BCUT2D eigenvalue weighted by molar-refractivity contribution is -0.138. The Morgan fingerprint density at radius 3 is 2.46 bits per heavy atom. The quantitative estimate of drug-likeness (QED) is 0.768. The van der Waals surface area contributed by atoms with E-state index in [2.05, 4.69) is 0 Å². The molecule has 6 heteroatoms. The summed E-state index contributed by atoms with van der Waals surface area (Å²) in [5, 5.41) is 30.0. The highest BCUT2D eigenvalue weighted by Crippen LogP contribution is 2.37. The Kier molecular flexibility index (Phi) is 4.82. The second-order valence-corrected chi connectivity index (χ2v) is 5.92. The van der Waals surface area contributed by atoms with E-state index in [0.717, 1.165) is 5.56 Å². The average molecular weight is 332 g/mol. The highest BCUT2D eigenvalue weighted by molar-refractivity contribution is 5.30. The first kappa shape index (κ1) is 16.9. The number of hydrogen-bond acceptors (Lipinski definition) is 6. The van der Waals surface area contributed by atoms with Gasteiger partial charge in [0.05, 0.1) is 5.56 Å². The smallest absolute Gasteiger partial charge is 0.191 e. The number of aryl methyl sites for hydroxylation is 2. The number of ether oxygens (including phenoxy) is 1. The number of hydrogen-bond donors (Lipinski definition) is 3. The third kappa shape index (κ3) is 3.01. The number of fused-ring (bicyclic) bond motifs is 1. The molecule has 6 nitrogen and oxygen atoms in total. The van der Waals surface area contributed by atoms with Crippen LogP contribution in [0.2, 0.25) is 0 Å². The molecule has 128 valence electrons. The first-order valence-corrected chi connectivity index (χ1v) is 7.80. The fourth-order valence-electron chi connectivity index (χ4n) is 3.05. The molecular formula is C18H20O6.